The first-order valence-corrected chi connectivity index (χ1v) is 7.40. The SMILES string of the molecule is COCc1ccccc1NCC1Cc2cc(Cl)ccc2O1. The number of rotatable bonds is 5. The molecule has 0 spiro atoms. The Kier molecular flexibility index (Phi) is 4.32. The zero-order valence-electron chi connectivity index (χ0n) is 11.9. The smallest absolute Gasteiger partial charge is 0.123 e. The zero-order chi connectivity index (χ0) is 14.7. The minimum atomic E-state index is 0.133. The third-order valence-electron chi connectivity index (χ3n) is 3.60. The number of para-hydroxylation sites is 1. The minimum absolute atomic E-state index is 0.133. The lowest BCUT2D eigenvalue weighted by molar-refractivity contribution is 0.185. The first-order chi connectivity index (χ1) is 10.3. The van der Waals surface area contributed by atoms with Gasteiger partial charge in [-0.05, 0) is 29.8 Å². The number of fused-ring (bicyclic) bond motifs is 1. The maximum atomic E-state index is 6.01. The number of benzene rings is 2. The Morgan fingerprint density at radius 3 is 3.00 bits per heavy atom. The molecule has 4 heteroatoms. The molecule has 21 heavy (non-hydrogen) atoms. The molecule has 3 rings (SSSR count). The maximum Gasteiger partial charge on any atom is 0.123 e. The van der Waals surface area contributed by atoms with Crippen LogP contribution in [0.15, 0.2) is 42.5 Å². The van der Waals surface area contributed by atoms with Gasteiger partial charge >= 0.3 is 0 Å². The number of nitrogens with one attached hydrogen (secondary N) is 1. The van der Waals surface area contributed by atoms with E-state index in [1.165, 1.54) is 5.56 Å². The molecule has 1 N–H and O–H groups in total. The van der Waals surface area contributed by atoms with Gasteiger partial charge in [-0.2, -0.15) is 0 Å². The lowest BCUT2D eigenvalue weighted by atomic mass is 10.1. The predicted octanol–water partition coefficient (Wildman–Crippen LogP) is 3.90. The van der Waals surface area contributed by atoms with Gasteiger partial charge in [0.1, 0.15) is 11.9 Å². The molecule has 1 heterocycles. The zero-order valence-corrected chi connectivity index (χ0v) is 12.7. The van der Waals surface area contributed by atoms with Gasteiger partial charge in [0, 0.05) is 29.8 Å². The maximum absolute atomic E-state index is 6.01. The molecule has 110 valence electrons. The lowest BCUT2D eigenvalue weighted by Gasteiger charge is -2.15. The van der Waals surface area contributed by atoms with Crippen LogP contribution in [0.2, 0.25) is 5.02 Å². The average Bonchev–Trinajstić information content (AvgIpc) is 2.88. The molecule has 0 bridgehead atoms. The van der Waals surface area contributed by atoms with Gasteiger partial charge in [-0.15, -0.1) is 0 Å². The van der Waals surface area contributed by atoms with Crippen molar-refractivity contribution in [3.05, 3.63) is 58.6 Å². The summed E-state index contributed by atoms with van der Waals surface area (Å²) < 4.78 is 11.1. The van der Waals surface area contributed by atoms with Crippen molar-refractivity contribution in [3.8, 4) is 5.75 Å². The summed E-state index contributed by atoms with van der Waals surface area (Å²) >= 11 is 6.01. The fourth-order valence-corrected chi connectivity index (χ4v) is 2.80. The second-order valence-corrected chi connectivity index (χ2v) is 5.60. The molecule has 0 radical (unpaired) electrons. The molecule has 1 atom stereocenters. The Morgan fingerprint density at radius 2 is 2.14 bits per heavy atom. The molecule has 1 aliphatic rings. The van der Waals surface area contributed by atoms with Crippen molar-refractivity contribution in [1.29, 1.82) is 0 Å². The van der Waals surface area contributed by atoms with Crippen LogP contribution in [0.5, 0.6) is 5.75 Å². The second kappa shape index (κ2) is 6.37. The molecule has 0 fully saturated rings. The molecule has 0 saturated carbocycles. The van der Waals surface area contributed by atoms with Gasteiger partial charge in [0.25, 0.3) is 0 Å². The van der Waals surface area contributed by atoms with Crippen molar-refractivity contribution in [3.63, 3.8) is 0 Å². The number of halogens is 1. The third kappa shape index (κ3) is 3.31. The van der Waals surface area contributed by atoms with Crippen molar-refractivity contribution in [2.75, 3.05) is 19.0 Å². The Morgan fingerprint density at radius 1 is 1.29 bits per heavy atom. The number of anilines is 1. The highest BCUT2D eigenvalue weighted by Gasteiger charge is 2.22. The molecule has 3 nitrogen and oxygen atoms in total. The lowest BCUT2D eigenvalue weighted by Crippen LogP contribution is -2.24. The second-order valence-electron chi connectivity index (χ2n) is 5.17. The van der Waals surface area contributed by atoms with E-state index in [9.17, 15) is 0 Å². The first-order valence-electron chi connectivity index (χ1n) is 7.02. The average molecular weight is 304 g/mol. The minimum Gasteiger partial charge on any atom is -0.488 e. The normalized spacial score (nSPS) is 16.4. The van der Waals surface area contributed by atoms with Gasteiger partial charge in [-0.25, -0.2) is 0 Å². The number of hydrogen-bond donors (Lipinski definition) is 1. The fraction of sp³-hybridized carbons (Fsp3) is 0.294. The Balaban J connectivity index is 1.62. The van der Waals surface area contributed by atoms with Crippen molar-refractivity contribution < 1.29 is 9.47 Å². The molecule has 0 saturated heterocycles. The molecule has 0 aromatic heterocycles. The van der Waals surface area contributed by atoms with Gasteiger partial charge in [-0.3, -0.25) is 0 Å². The van der Waals surface area contributed by atoms with Gasteiger partial charge in [0.15, 0.2) is 0 Å². The molecular weight excluding hydrogens is 286 g/mol. The van der Waals surface area contributed by atoms with E-state index < -0.39 is 0 Å². The quantitative estimate of drug-likeness (QED) is 0.908. The fourth-order valence-electron chi connectivity index (χ4n) is 2.60. The summed E-state index contributed by atoms with van der Waals surface area (Å²) in [5.74, 6) is 0.941. The van der Waals surface area contributed by atoms with Crippen LogP contribution >= 0.6 is 11.6 Å². The largest absolute Gasteiger partial charge is 0.488 e. The van der Waals surface area contributed by atoms with Gasteiger partial charge in [-0.1, -0.05) is 29.8 Å². The summed E-state index contributed by atoms with van der Waals surface area (Å²) in [7, 11) is 1.71. The van der Waals surface area contributed by atoms with E-state index in [2.05, 4.69) is 17.4 Å². The molecule has 1 aliphatic heterocycles. The molecule has 0 aliphatic carbocycles. The van der Waals surface area contributed by atoms with Crippen LogP contribution in [-0.2, 0) is 17.8 Å². The highest BCUT2D eigenvalue weighted by Crippen LogP contribution is 2.31. The van der Waals surface area contributed by atoms with E-state index in [0.717, 1.165) is 35.0 Å². The van der Waals surface area contributed by atoms with Crippen LogP contribution in [0.3, 0.4) is 0 Å². The van der Waals surface area contributed by atoms with Crippen molar-refractivity contribution in [2.24, 2.45) is 0 Å². The summed E-state index contributed by atoms with van der Waals surface area (Å²) in [4.78, 5) is 0. The Labute approximate surface area is 129 Å². The van der Waals surface area contributed by atoms with Crippen LogP contribution in [0.25, 0.3) is 0 Å². The molecule has 2 aromatic carbocycles. The Bertz CT molecular complexity index is 630. The number of ether oxygens (including phenoxy) is 2. The van der Waals surface area contributed by atoms with Crippen molar-refractivity contribution in [1.82, 2.24) is 0 Å². The van der Waals surface area contributed by atoms with Crippen LogP contribution in [0, 0.1) is 0 Å². The van der Waals surface area contributed by atoms with Crippen LogP contribution in [0.4, 0.5) is 5.69 Å². The van der Waals surface area contributed by atoms with E-state index >= 15 is 0 Å². The monoisotopic (exact) mass is 303 g/mol. The van der Waals surface area contributed by atoms with Crippen LogP contribution < -0.4 is 10.1 Å². The molecule has 1 unspecified atom stereocenters. The van der Waals surface area contributed by atoms with E-state index in [0.29, 0.717) is 6.61 Å². The number of methoxy groups -OCH3 is 1. The summed E-state index contributed by atoms with van der Waals surface area (Å²) in [6, 6.07) is 14.0. The third-order valence-corrected chi connectivity index (χ3v) is 3.84. The van der Waals surface area contributed by atoms with E-state index in [1.54, 1.807) is 7.11 Å². The highest BCUT2D eigenvalue weighted by molar-refractivity contribution is 6.30. The summed E-state index contributed by atoms with van der Waals surface area (Å²) in [6.07, 6.45) is 1.02. The summed E-state index contributed by atoms with van der Waals surface area (Å²) in [5.41, 5.74) is 3.43. The summed E-state index contributed by atoms with van der Waals surface area (Å²) in [6.45, 7) is 1.36. The number of hydrogen-bond acceptors (Lipinski definition) is 3. The van der Waals surface area contributed by atoms with Gasteiger partial charge in [0.05, 0.1) is 13.2 Å². The molecular formula is C17H18ClNO2. The highest BCUT2D eigenvalue weighted by atomic mass is 35.5. The standard InChI is InChI=1S/C17H18ClNO2/c1-20-11-12-4-2-3-5-16(12)19-10-15-9-13-8-14(18)6-7-17(13)21-15/h2-8,15,19H,9-11H2,1H3. The molecule has 0 amide bonds. The van der Waals surface area contributed by atoms with E-state index in [4.69, 9.17) is 21.1 Å². The van der Waals surface area contributed by atoms with Gasteiger partial charge < -0.3 is 14.8 Å². The van der Waals surface area contributed by atoms with Crippen LogP contribution in [-0.4, -0.2) is 19.8 Å². The van der Waals surface area contributed by atoms with Crippen molar-refractivity contribution in [2.45, 2.75) is 19.1 Å². The van der Waals surface area contributed by atoms with Gasteiger partial charge in [0.2, 0.25) is 0 Å². The van der Waals surface area contributed by atoms with Crippen LogP contribution in [0.1, 0.15) is 11.1 Å². The van der Waals surface area contributed by atoms with Crippen molar-refractivity contribution >= 4 is 17.3 Å². The van der Waals surface area contributed by atoms with E-state index in [1.807, 2.05) is 30.3 Å². The molecule has 2 aromatic rings. The van der Waals surface area contributed by atoms with E-state index in [-0.39, 0.29) is 6.10 Å². The Hall–Kier alpha value is -1.71. The first kappa shape index (κ1) is 14.2. The predicted molar refractivity (Wildman–Crippen MR) is 85.2 cm³/mol. The topological polar surface area (TPSA) is 30.5 Å². The summed E-state index contributed by atoms with van der Waals surface area (Å²) in [5, 5.41) is 4.21.